The molecule has 1 aromatic rings. The van der Waals surface area contributed by atoms with Crippen LogP contribution in [-0.2, 0) is 0 Å². The third-order valence-electron chi connectivity index (χ3n) is 3.56. The van der Waals surface area contributed by atoms with Crippen molar-refractivity contribution in [1.82, 2.24) is 0 Å². The molecule has 1 aromatic carbocycles. The van der Waals surface area contributed by atoms with Gasteiger partial charge in [0.25, 0.3) is 0 Å². The molecule has 16 heavy (non-hydrogen) atoms. The van der Waals surface area contributed by atoms with Crippen LogP contribution in [-0.4, -0.2) is 6.10 Å². The summed E-state index contributed by atoms with van der Waals surface area (Å²) in [5, 5.41) is 0. The van der Waals surface area contributed by atoms with E-state index in [4.69, 9.17) is 10.5 Å². The lowest BCUT2D eigenvalue weighted by Gasteiger charge is -2.31. The first-order valence-electron chi connectivity index (χ1n) is 6.32. The Hall–Kier alpha value is -1.18. The number of benzene rings is 1. The van der Waals surface area contributed by atoms with Gasteiger partial charge < -0.3 is 10.5 Å². The zero-order chi connectivity index (χ0) is 11.4. The third kappa shape index (κ3) is 2.49. The summed E-state index contributed by atoms with van der Waals surface area (Å²) >= 11 is 0. The molecule has 88 valence electrons. The molecule has 0 aromatic heterocycles. The summed E-state index contributed by atoms with van der Waals surface area (Å²) in [5.74, 6) is 1.56. The Morgan fingerprint density at radius 3 is 2.75 bits per heavy atom. The highest BCUT2D eigenvalue weighted by Gasteiger charge is 2.25. The molecule has 0 heterocycles. The number of anilines is 1. The Morgan fingerprint density at radius 2 is 2.00 bits per heavy atom. The minimum atomic E-state index is 0.364. The van der Waals surface area contributed by atoms with Crippen LogP contribution in [0.2, 0.25) is 0 Å². The summed E-state index contributed by atoms with van der Waals surface area (Å²) < 4.78 is 6.06. The van der Waals surface area contributed by atoms with Crippen LogP contribution in [0.3, 0.4) is 0 Å². The van der Waals surface area contributed by atoms with Crippen LogP contribution in [0.15, 0.2) is 24.3 Å². The van der Waals surface area contributed by atoms with E-state index in [1.165, 1.54) is 32.1 Å². The smallest absolute Gasteiger partial charge is 0.142 e. The number of hydrogen-bond acceptors (Lipinski definition) is 2. The van der Waals surface area contributed by atoms with Gasteiger partial charge in [-0.15, -0.1) is 0 Å². The molecule has 1 aliphatic rings. The Bertz CT molecular complexity index is 337. The summed E-state index contributed by atoms with van der Waals surface area (Å²) in [4.78, 5) is 0. The molecule has 0 spiro atoms. The first-order valence-corrected chi connectivity index (χ1v) is 6.32. The van der Waals surface area contributed by atoms with E-state index >= 15 is 0 Å². The molecule has 2 heteroatoms. The zero-order valence-corrected chi connectivity index (χ0v) is 9.99. The molecule has 0 aliphatic heterocycles. The molecule has 2 atom stereocenters. The largest absolute Gasteiger partial charge is 0.488 e. The average Bonchev–Trinajstić information content (AvgIpc) is 2.33. The second kappa shape index (κ2) is 5.24. The fourth-order valence-electron chi connectivity index (χ4n) is 2.55. The zero-order valence-electron chi connectivity index (χ0n) is 9.99. The van der Waals surface area contributed by atoms with Crippen molar-refractivity contribution in [2.24, 2.45) is 5.92 Å². The highest BCUT2D eigenvalue weighted by molar-refractivity contribution is 5.51. The van der Waals surface area contributed by atoms with E-state index in [1.54, 1.807) is 0 Å². The summed E-state index contributed by atoms with van der Waals surface area (Å²) in [6.45, 7) is 2.25. The van der Waals surface area contributed by atoms with E-state index in [0.717, 1.165) is 11.4 Å². The predicted octanol–water partition coefficient (Wildman–Crippen LogP) is 3.62. The normalized spacial score (nSPS) is 25.3. The lowest BCUT2D eigenvalue weighted by molar-refractivity contribution is 0.0911. The van der Waals surface area contributed by atoms with Gasteiger partial charge in [-0.3, -0.25) is 0 Å². The van der Waals surface area contributed by atoms with Gasteiger partial charge in [0.05, 0.1) is 5.69 Å². The lowest BCUT2D eigenvalue weighted by atomic mass is 9.85. The highest BCUT2D eigenvalue weighted by Crippen LogP contribution is 2.32. The maximum absolute atomic E-state index is 6.06. The molecular weight excluding hydrogens is 198 g/mol. The fraction of sp³-hybridized carbons (Fsp3) is 0.571. The highest BCUT2D eigenvalue weighted by atomic mass is 16.5. The fourth-order valence-corrected chi connectivity index (χ4v) is 2.55. The van der Waals surface area contributed by atoms with E-state index in [2.05, 4.69) is 6.92 Å². The van der Waals surface area contributed by atoms with Crippen molar-refractivity contribution in [2.75, 3.05) is 5.73 Å². The third-order valence-corrected chi connectivity index (χ3v) is 3.56. The minimum absolute atomic E-state index is 0.364. The van der Waals surface area contributed by atoms with Gasteiger partial charge in [-0.05, 0) is 43.7 Å². The molecule has 1 fully saturated rings. The van der Waals surface area contributed by atoms with Crippen molar-refractivity contribution in [1.29, 1.82) is 0 Å². The van der Waals surface area contributed by atoms with E-state index < -0.39 is 0 Å². The van der Waals surface area contributed by atoms with Crippen LogP contribution < -0.4 is 10.5 Å². The van der Waals surface area contributed by atoms with Crippen molar-refractivity contribution < 1.29 is 4.74 Å². The van der Waals surface area contributed by atoms with Crippen LogP contribution in [0, 0.1) is 5.92 Å². The van der Waals surface area contributed by atoms with Crippen LogP contribution in [0.5, 0.6) is 5.75 Å². The number of hydrogen-bond donors (Lipinski definition) is 1. The van der Waals surface area contributed by atoms with E-state index in [0.29, 0.717) is 12.0 Å². The van der Waals surface area contributed by atoms with Crippen LogP contribution >= 0.6 is 0 Å². The quantitative estimate of drug-likeness (QED) is 0.788. The van der Waals surface area contributed by atoms with Crippen molar-refractivity contribution in [3.05, 3.63) is 24.3 Å². The van der Waals surface area contributed by atoms with E-state index in [1.807, 2.05) is 24.3 Å². The Morgan fingerprint density at radius 1 is 1.25 bits per heavy atom. The van der Waals surface area contributed by atoms with Gasteiger partial charge in [0, 0.05) is 0 Å². The van der Waals surface area contributed by atoms with Crippen molar-refractivity contribution >= 4 is 5.69 Å². The van der Waals surface area contributed by atoms with Gasteiger partial charge in [0.15, 0.2) is 0 Å². The first-order chi connectivity index (χ1) is 7.81. The molecule has 2 rings (SSSR count). The van der Waals surface area contributed by atoms with Crippen LogP contribution in [0.25, 0.3) is 0 Å². The summed E-state index contributed by atoms with van der Waals surface area (Å²) in [6, 6.07) is 7.80. The molecule has 2 unspecified atom stereocenters. The van der Waals surface area contributed by atoms with Gasteiger partial charge in [0.1, 0.15) is 11.9 Å². The van der Waals surface area contributed by atoms with E-state index in [-0.39, 0.29) is 0 Å². The van der Waals surface area contributed by atoms with Crippen molar-refractivity contribution in [3.8, 4) is 5.75 Å². The second-order valence-corrected chi connectivity index (χ2v) is 4.65. The average molecular weight is 219 g/mol. The van der Waals surface area contributed by atoms with E-state index in [9.17, 15) is 0 Å². The van der Waals surface area contributed by atoms with Crippen LogP contribution in [0.4, 0.5) is 5.69 Å². The lowest BCUT2D eigenvalue weighted by Crippen LogP contribution is -2.30. The SMILES string of the molecule is CCC1CCCCC1Oc1ccccc1N. The summed E-state index contributed by atoms with van der Waals surface area (Å²) in [7, 11) is 0. The summed E-state index contributed by atoms with van der Waals surface area (Å²) in [6.07, 6.45) is 6.68. The van der Waals surface area contributed by atoms with Crippen molar-refractivity contribution in [2.45, 2.75) is 45.1 Å². The Labute approximate surface area is 97.8 Å². The van der Waals surface area contributed by atoms with Gasteiger partial charge in [-0.2, -0.15) is 0 Å². The monoisotopic (exact) mass is 219 g/mol. The molecule has 0 bridgehead atoms. The van der Waals surface area contributed by atoms with Gasteiger partial charge in [-0.1, -0.05) is 25.5 Å². The molecular formula is C14H21NO. The van der Waals surface area contributed by atoms with Crippen molar-refractivity contribution in [3.63, 3.8) is 0 Å². The maximum Gasteiger partial charge on any atom is 0.142 e. The summed E-state index contributed by atoms with van der Waals surface area (Å²) in [5.41, 5.74) is 6.65. The maximum atomic E-state index is 6.06. The van der Waals surface area contributed by atoms with Gasteiger partial charge in [-0.25, -0.2) is 0 Å². The Kier molecular flexibility index (Phi) is 3.70. The number of nitrogen functional groups attached to an aromatic ring is 1. The predicted molar refractivity (Wildman–Crippen MR) is 67.5 cm³/mol. The molecule has 0 radical (unpaired) electrons. The Balaban J connectivity index is 2.05. The standard InChI is InChI=1S/C14H21NO/c1-2-11-7-3-5-9-13(11)16-14-10-6-4-8-12(14)15/h4,6,8,10-11,13H,2-3,5,7,9,15H2,1H3. The molecule has 1 aliphatic carbocycles. The van der Waals surface area contributed by atoms with Gasteiger partial charge >= 0.3 is 0 Å². The molecule has 2 N–H and O–H groups in total. The second-order valence-electron chi connectivity index (χ2n) is 4.65. The molecule has 0 saturated heterocycles. The number of ether oxygens (including phenoxy) is 1. The number of para-hydroxylation sites is 2. The first kappa shape index (κ1) is 11.3. The van der Waals surface area contributed by atoms with Gasteiger partial charge in [0.2, 0.25) is 0 Å². The topological polar surface area (TPSA) is 35.2 Å². The minimum Gasteiger partial charge on any atom is -0.488 e. The van der Waals surface area contributed by atoms with Crippen LogP contribution in [0.1, 0.15) is 39.0 Å². The number of nitrogens with two attached hydrogens (primary N) is 1. The molecule has 1 saturated carbocycles. The molecule has 2 nitrogen and oxygen atoms in total. The number of rotatable bonds is 3. The molecule has 0 amide bonds.